The minimum absolute atomic E-state index is 0. The molecule has 0 spiro atoms. The standard InChI is InChI=1S/C12H15ClF2N2.ClH/c13-10-5-9(6-11(15)7-10)12(8-14)17-3-1-16-2-4-17;/h5-7,12,16H,1-4,8H2;1H/t12-;/m0./s1. The van der Waals surface area contributed by atoms with Gasteiger partial charge in [0.2, 0.25) is 0 Å². The summed E-state index contributed by atoms with van der Waals surface area (Å²) >= 11 is 5.80. The van der Waals surface area contributed by atoms with E-state index in [-0.39, 0.29) is 12.4 Å². The van der Waals surface area contributed by atoms with Crippen molar-refractivity contribution in [3.8, 4) is 0 Å². The topological polar surface area (TPSA) is 15.3 Å². The summed E-state index contributed by atoms with van der Waals surface area (Å²) in [5.74, 6) is -0.416. The Hall–Kier alpha value is -0.420. The molecule has 102 valence electrons. The SMILES string of the molecule is Cl.FC[C@@H](c1cc(F)cc(Cl)c1)N1CCNCC1. The quantitative estimate of drug-likeness (QED) is 0.923. The van der Waals surface area contributed by atoms with Crippen molar-refractivity contribution < 1.29 is 8.78 Å². The maximum atomic E-state index is 13.3. The van der Waals surface area contributed by atoms with Gasteiger partial charge in [-0.15, -0.1) is 12.4 Å². The van der Waals surface area contributed by atoms with Crippen LogP contribution in [0.5, 0.6) is 0 Å². The predicted octanol–water partition coefficient (Wildman–Crippen LogP) is 2.82. The number of hydrogen-bond acceptors (Lipinski definition) is 2. The van der Waals surface area contributed by atoms with E-state index in [0.717, 1.165) is 26.2 Å². The van der Waals surface area contributed by atoms with Crippen LogP contribution in [0.3, 0.4) is 0 Å². The smallest absolute Gasteiger partial charge is 0.125 e. The summed E-state index contributed by atoms with van der Waals surface area (Å²) in [7, 11) is 0. The molecule has 1 saturated heterocycles. The first-order valence-electron chi connectivity index (χ1n) is 5.67. The Morgan fingerprint density at radius 1 is 1.28 bits per heavy atom. The summed E-state index contributed by atoms with van der Waals surface area (Å²) in [6.07, 6.45) is 0. The zero-order valence-electron chi connectivity index (χ0n) is 9.83. The number of rotatable bonds is 3. The highest BCUT2D eigenvalue weighted by Crippen LogP contribution is 2.25. The largest absolute Gasteiger partial charge is 0.314 e. The third-order valence-corrected chi connectivity index (χ3v) is 3.23. The number of piperazine rings is 1. The highest BCUT2D eigenvalue weighted by molar-refractivity contribution is 6.30. The van der Waals surface area contributed by atoms with Gasteiger partial charge >= 0.3 is 0 Å². The maximum absolute atomic E-state index is 13.3. The second kappa shape index (κ2) is 7.24. The number of nitrogens with one attached hydrogen (secondary N) is 1. The van der Waals surface area contributed by atoms with E-state index in [2.05, 4.69) is 5.32 Å². The maximum Gasteiger partial charge on any atom is 0.125 e. The number of hydrogen-bond donors (Lipinski definition) is 1. The van der Waals surface area contributed by atoms with Crippen LogP contribution in [0.4, 0.5) is 8.78 Å². The Bertz CT molecular complexity index is 364. The Morgan fingerprint density at radius 3 is 2.50 bits per heavy atom. The lowest BCUT2D eigenvalue weighted by Gasteiger charge is -2.33. The number of halogens is 4. The summed E-state index contributed by atoms with van der Waals surface area (Å²) < 4.78 is 26.4. The van der Waals surface area contributed by atoms with Crippen LogP contribution in [0, 0.1) is 5.82 Å². The van der Waals surface area contributed by atoms with Crippen molar-refractivity contribution in [1.29, 1.82) is 0 Å². The first kappa shape index (κ1) is 15.6. The molecule has 1 N–H and O–H groups in total. The van der Waals surface area contributed by atoms with E-state index in [9.17, 15) is 8.78 Å². The summed E-state index contributed by atoms with van der Waals surface area (Å²) in [5, 5.41) is 3.52. The van der Waals surface area contributed by atoms with Gasteiger partial charge in [0.1, 0.15) is 12.5 Å². The van der Waals surface area contributed by atoms with Crippen LogP contribution in [0.2, 0.25) is 5.02 Å². The normalized spacial score (nSPS) is 18.2. The lowest BCUT2D eigenvalue weighted by molar-refractivity contribution is 0.147. The molecule has 0 unspecified atom stereocenters. The molecule has 0 aliphatic carbocycles. The molecule has 6 heteroatoms. The summed E-state index contributed by atoms with van der Waals surface area (Å²) in [5.41, 5.74) is 0.611. The monoisotopic (exact) mass is 296 g/mol. The Labute approximate surface area is 117 Å². The lowest BCUT2D eigenvalue weighted by Crippen LogP contribution is -2.45. The fourth-order valence-electron chi connectivity index (χ4n) is 2.16. The first-order valence-corrected chi connectivity index (χ1v) is 6.05. The number of nitrogens with zero attached hydrogens (tertiary/aromatic N) is 1. The average molecular weight is 297 g/mol. The van der Waals surface area contributed by atoms with E-state index in [1.807, 2.05) is 4.90 Å². The third-order valence-electron chi connectivity index (χ3n) is 3.01. The van der Waals surface area contributed by atoms with Crippen LogP contribution >= 0.6 is 24.0 Å². The molecule has 2 rings (SSSR count). The van der Waals surface area contributed by atoms with E-state index in [0.29, 0.717) is 10.6 Å². The second-order valence-electron chi connectivity index (χ2n) is 4.16. The molecule has 2 nitrogen and oxygen atoms in total. The van der Waals surface area contributed by atoms with Gasteiger partial charge in [-0.1, -0.05) is 11.6 Å². The molecule has 1 aromatic carbocycles. The van der Waals surface area contributed by atoms with Crippen LogP contribution in [-0.2, 0) is 0 Å². The third kappa shape index (κ3) is 3.79. The van der Waals surface area contributed by atoms with E-state index in [1.54, 1.807) is 6.07 Å². The minimum Gasteiger partial charge on any atom is -0.314 e. The van der Waals surface area contributed by atoms with Gasteiger partial charge in [0.25, 0.3) is 0 Å². The first-order chi connectivity index (χ1) is 8.20. The van der Waals surface area contributed by atoms with Crippen LogP contribution in [0.15, 0.2) is 18.2 Å². The van der Waals surface area contributed by atoms with Crippen LogP contribution < -0.4 is 5.32 Å². The Morgan fingerprint density at radius 2 is 1.94 bits per heavy atom. The van der Waals surface area contributed by atoms with Gasteiger partial charge in [-0.05, 0) is 23.8 Å². The number of alkyl halides is 1. The molecule has 0 bridgehead atoms. The van der Waals surface area contributed by atoms with E-state index in [1.165, 1.54) is 12.1 Å². The van der Waals surface area contributed by atoms with Gasteiger partial charge in [0.05, 0.1) is 6.04 Å². The fourth-order valence-corrected chi connectivity index (χ4v) is 2.39. The van der Waals surface area contributed by atoms with Crippen LogP contribution in [-0.4, -0.2) is 37.8 Å². The van der Waals surface area contributed by atoms with E-state index >= 15 is 0 Å². The summed E-state index contributed by atoms with van der Waals surface area (Å²) in [6.45, 7) is 2.67. The molecule has 0 amide bonds. The molecular formula is C12H16Cl2F2N2. The molecule has 0 aromatic heterocycles. The molecule has 1 aliphatic rings. The second-order valence-corrected chi connectivity index (χ2v) is 4.60. The van der Waals surface area contributed by atoms with Gasteiger partial charge in [-0.2, -0.15) is 0 Å². The van der Waals surface area contributed by atoms with Crippen molar-refractivity contribution in [2.24, 2.45) is 0 Å². The van der Waals surface area contributed by atoms with Crippen molar-refractivity contribution in [2.45, 2.75) is 6.04 Å². The highest BCUT2D eigenvalue weighted by Gasteiger charge is 2.22. The molecule has 18 heavy (non-hydrogen) atoms. The lowest BCUT2D eigenvalue weighted by atomic mass is 10.1. The van der Waals surface area contributed by atoms with Crippen LogP contribution in [0.1, 0.15) is 11.6 Å². The van der Waals surface area contributed by atoms with Gasteiger partial charge < -0.3 is 5.32 Å². The van der Waals surface area contributed by atoms with Crippen LogP contribution in [0.25, 0.3) is 0 Å². The summed E-state index contributed by atoms with van der Waals surface area (Å²) in [4.78, 5) is 2.02. The van der Waals surface area contributed by atoms with Gasteiger partial charge in [-0.25, -0.2) is 8.78 Å². The molecular weight excluding hydrogens is 281 g/mol. The zero-order valence-corrected chi connectivity index (χ0v) is 11.4. The van der Waals surface area contributed by atoms with Crippen molar-refractivity contribution in [1.82, 2.24) is 10.2 Å². The average Bonchev–Trinajstić information content (AvgIpc) is 2.30. The van der Waals surface area contributed by atoms with Crippen molar-refractivity contribution >= 4 is 24.0 Å². The highest BCUT2D eigenvalue weighted by atomic mass is 35.5. The van der Waals surface area contributed by atoms with E-state index < -0.39 is 18.5 Å². The molecule has 1 aromatic rings. The van der Waals surface area contributed by atoms with Gasteiger partial charge in [-0.3, -0.25) is 4.90 Å². The predicted molar refractivity (Wildman–Crippen MR) is 71.8 cm³/mol. The molecule has 1 heterocycles. The molecule has 1 atom stereocenters. The fraction of sp³-hybridized carbons (Fsp3) is 0.500. The summed E-state index contributed by atoms with van der Waals surface area (Å²) in [6, 6.07) is 3.83. The minimum atomic E-state index is -0.528. The Kier molecular flexibility index (Phi) is 6.29. The molecule has 0 saturated carbocycles. The number of benzene rings is 1. The van der Waals surface area contributed by atoms with E-state index in [4.69, 9.17) is 11.6 Å². The Balaban J connectivity index is 0.00000162. The molecule has 1 fully saturated rings. The molecule has 1 aliphatic heterocycles. The van der Waals surface area contributed by atoms with Crippen molar-refractivity contribution in [3.63, 3.8) is 0 Å². The van der Waals surface area contributed by atoms with Gasteiger partial charge in [0.15, 0.2) is 0 Å². The molecule has 0 radical (unpaired) electrons. The van der Waals surface area contributed by atoms with Gasteiger partial charge in [0, 0.05) is 31.2 Å². The van der Waals surface area contributed by atoms with Crippen molar-refractivity contribution in [2.75, 3.05) is 32.9 Å². The zero-order chi connectivity index (χ0) is 12.3. The van der Waals surface area contributed by atoms with Crippen molar-refractivity contribution in [3.05, 3.63) is 34.6 Å².